The molecule has 1 atom stereocenters. The molecule has 74 valence electrons. The first-order chi connectivity index (χ1) is 6.68. The molecule has 1 unspecified atom stereocenters. The maximum Gasteiger partial charge on any atom is 0.188 e. The van der Waals surface area contributed by atoms with E-state index >= 15 is 0 Å². The number of thiazole rings is 1. The molecule has 1 heterocycles. The van der Waals surface area contributed by atoms with Gasteiger partial charge >= 0.3 is 0 Å². The number of nitrogens with zero attached hydrogens (tertiary/aromatic N) is 2. The van der Waals surface area contributed by atoms with Crippen LogP contribution in [0, 0.1) is 0 Å². The third-order valence-electron chi connectivity index (χ3n) is 2.14. The van der Waals surface area contributed by atoms with Crippen LogP contribution in [0.5, 0.6) is 0 Å². The van der Waals surface area contributed by atoms with Crippen molar-refractivity contribution in [1.29, 1.82) is 0 Å². The van der Waals surface area contributed by atoms with Crippen molar-refractivity contribution in [2.45, 2.75) is 13.2 Å². The largest absolute Gasteiger partial charge is 0.374 e. The summed E-state index contributed by atoms with van der Waals surface area (Å²) < 4.78 is 1.15. The van der Waals surface area contributed by atoms with Crippen molar-refractivity contribution in [1.82, 2.24) is 4.98 Å². The molecular formula is C10H12N2OS. The molecule has 0 aliphatic rings. The molecule has 0 saturated heterocycles. The molecule has 1 aromatic carbocycles. The number of fused-ring (bicyclic) bond motifs is 1. The fourth-order valence-electron chi connectivity index (χ4n) is 1.17. The Balaban J connectivity index is 2.45. The maximum atomic E-state index is 9.39. The molecule has 0 fully saturated rings. The van der Waals surface area contributed by atoms with Gasteiger partial charge in [-0.15, -0.1) is 0 Å². The zero-order valence-corrected chi connectivity index (χ0v) is 8.95. The van der Waals surface area contributed by atoms with Crippen LogP contribution < -0.4 is 4.90 Å². The number of aliphatic hydroxyl groups excluding tert-OH is 1. The average molecular weight is 208 g/mol. The number of aromatic nitrogens is 1. The van der Waals surface area contributed by atoms with Gasteiger partial charge in [0.25, 0.3) is 0 Å². The first-order valence-electron chi connectivity index (χ1n) is 4.45. The molecule has 4 heteroatoms. The molecule has 0 radical (unpaired) electrons. The number of benzene rings is 1. The molecule has 1 aromatic heterocycles. The fraction of sp³-hybridized carbons (Fsp3) is 0.300. The highest BCUT2D eigenvalue weighted by molar-refractivity contribution is 7.22. The maximum absolute atomic E-state index is 9.39. The fourth-order valence-corrected chi connectivity index (χ4v) is 2.17. The van der Waals surface area contributed by atoms with Crippen molar-refractivity contribution in [3.63, 3.8) is 0 Å². The molecule has 2 rings (SSSR count). The first kappa shape index (κ1) is 9.43. The van der Waals surface area contributed by atoms with E-state index in [2.05, 4.69) is 4.98 Å². The van der Waals surface area contributed by atoms with Gasteiger partial charge in [0.05, 0.1) is 10.2 Å². The lowest BCUT2D eigenvalue weighted by molar-refractivity contribution is 0.195. The second-order valence-corrected chi connectivity index (χ2v) is 4.22. The molecule has 0 amide bonds. The zero-order chi connectivity index (χ0) is 10.1. The molecule has 0 bridgehead atoms. The molecule has 1 N–H and O–H groups in total. The smallest absolute Gasteiger partial charge is 0.188 e. The van der Waals surface area contributed by atoms with Crippen LogP contribution in [0.15, 0.2) is 24.3 Å². The SMILES string of the molecule is CC(O)N(C)c1nc2ccccc2s1. The van der Waals surface area contributed by atoms with E-state index in [4.69, 9.17) is 0 Å². The van der Waals surface area contributed by atoms with E-state index in [-0.39, 0.29) is 0 Å². The molecule has 2 aromatic rings. The number of hydrogen-bond donors (Lipinski definition) is 1. The van der Waals surface area contributed by atoms with Gasteiger partial charge in [0.15, 0.2) is 5.13 Å². The van der Waals surface area contributed by atoms with Crippen LogP contribution in [0.4, 0.5) is 5.13 Å². The van der Waals surface area contributed by atoms with E-state index < -0.39 is 6.23 Å². The van der Waals surface area contributed by atoms with Crippen LogP contribution in [0.2, 0.25) is 0 Å². The number of aliphatic hydroxyl groups is 1. The summed E-state index contributed by atoms with van der Waals surface area (Å²) in [5.41, 5.74) is 0.986. The number of rotatable bonds is 2. The van der Waals surface area contributed by atoms with Crippen molar-refractivity contribution in [3.05, 3.63) is 24.3 Å². The van der Waals surface area contributed by atoms with Gasteiger partial charge in [-0.05, 0) is 19.1 Å². The van der Waals surface area contributed by atoms with Crippen molar-refractivity contribution >= 4 is 26.7 Å². The normalized spacial score (nSPS) is 13.1. The van der Waals surface area contributed by atoms with Crippen LogP contribution in [0.3, 0.4) is 0 Å². The summed E-state index contributed by atoms with van der Waals surface area (Å²) in [6.45, 7) is 1.73. The van der Waals surface area contributed by atoms with E-state index in [0.29, 0.717) is 0 Å². The van der Waals surface area contributed by atoms with Gasteiger partial charge in [-0.1, -0.05) is 23.5 Å². The third-order valence-corrected chi connectivity index (χ3v) is 3.27. The Morgan fingerprint density at radius 1 is 1.43 bits per heavy atom. The predicted octanol–water partition coefficient (Wildman–Crippen LogP) is 2.07. The van der Waals surface area contributed by atoms with E-state index in [0.717, 1.165) is 15.3 Å². The molecule has 0 spiro atoms. The van der Waals surface area contributed by atoms with Gasteiger partial charge in [-0.25, -0.2) is 4.98 Å². The highest BCUT2D eigenvalue weighted by atomic mass is 32.1. The monoisotopic (exact) mass is 208 g/mol. The van der Waals surface area contributed by atoms with Crippen molar-refractivity contribution in [2.75, 3.05) is 11.9 Å². The lowest BCUT2D eigenvalue weighted by atomic mass is 10.3. The first-order valence-corrected chi connectivity index (χ1v) is 5.26. The Bertz CT molecular complexity index is 405. The Hall–Kier alpha value is -1.13. The van der Waals surface area contributed by atoms with Gasteiger partial charge < -0.3 is 10.0 Å². The summed E-state index contributed by atoms with van der Waals surface area (Å²) >= 11 is 1.59. The lowest BCUT2D eigenvalue weighted by Crippen LogP contribution is -2.27. The van der Waals surface area contributed by atoms with E-state index in [1.165, 1.54) is 0 Å². The van der Waals surface area contributed by atoms with Gasteiger partial charge in [0.1, 0.15) is 6.23 Å². The average Bonchev–Trinajstić information content (AvgIpc) is 2.59. The second kappa shape index (κ2) is 3.55. The third kappa shape index (κ3) is 1.58. The molecule has 0 aliphatic carbocycles. The Kier molecular flexibility index (Phi) is 2.39. The standard InChI is InChI=1S/C10H12N2OS/c1-7(13)12(2)10-11-8-5-3-4-6-9(8)14-10/h3-7,13H,1-2H3. The predicted molar refractivity (Wildman–Crippen MR) is 59.7 cm³/mol. The molecule has 0 saturated carbocycles. The van der Waals surface area contributed by atoms with Crippen molar-refractivity contribution in [2.24, 2.45) is 0 Å². The van der Waals surface area contributed by atoms with Crippen LogP contribution in [0.25, 0.3) is 10.2 Å². The summed E-state index contributed by atoms with van der Waals surface area (Å²) in [6, 6.07) is 7.97. The molecule has 0 aliphatic heterocycles. The summed E-state index contributed by atoms with van der Waals surface area (Å²) in [7, 11) is 1.84. The Morgan fingerprint density at radius 3 is 2.79 bits per heavy atom. The molecule has 14 heavy (non-hydrogen) atoms. The molecule has 3 nitrogen and oxygen atoms in total. The van der Waals surface area contributed by atoms with E-state index in [1.54, 1.807) is 23.2 Å². The van der Waals surface area contributed by atoms with E-state index in [9.17, 15) is 5.11 Å². The summed E-state index contributed by atoms with van der Waals surface area (Å²) in [6.07, 6.45) is -0.504. The number of anilines is 1. The van der Waals surface area contributed by atoms with Crippen LogP contribution in [0.1, 0.15) is 6.92 Å². The number of hydrogen-bond acceptors (Lipinski definition) is 4. The van der Waals surface area contributed by atoms with E-state index in [1.807, 2.05) is 31.3 Å². The van der Waals surface area contributed by atoms with Crippen LogP contribution in [-0.4, -0.2) is 23.4 Å². The summed E-state index contributed by atoms with van der Waals surface area (Å²) in [5, 5.41) is 10.2. The van der Waals surface area contributed by atoms with Crippen LogP contribution in [-0.2, 0) is 0 Å². The summed E-state index contributed by atoms with van der Waals surface area (Å²) in [5.74, 6) is 0. The zero-order valence-electron chi connectivity index (χ0n) is 8.14. The van der Waals surface area contributed by atoms with Crippen molar-refractivity contribution in [3.8, 4) is 0 Å². The topological polar surface area (TPSA) is 36.4 Å². The lowest BCUT2D eigenvalue weighted by Gasteiger charge is -2.18. The minimum Gasteiger partial charge on any atom is -0.374 e. The quantitative estimate of drug-likeness (QED) is 0.767. The van der Waals surface area contributed by atoms with Gasteiger partial charge in [-0.2, -0.15) is 0 Å². The van der Waals surface area contributed by atoms with Gasteiger partial charge in [0.2, 0.25) is 0 Å². The highest BCUT2D eigenvalue weighted by Crippen LogP contribution is 2.28. The highest BCUT2D eigenvalue weighted by Gasteiger charge is 2.10. The van der Waals surface area contributed by atoms with Gasteiger partial charge in [0, 0.05) is 7.05 Å². The minimum absolute atomic E-state index is 0.504. The van der Waals surface area contributed by atoms with Gasteiger partial charge in [-0.3, -0.25) is 0 Å². The Labute approximate surface area is 86.6 Å². The Morgan fingerprint density at radius 2 is 2.14 bits per heavy atom. The summed E-state index contributed by atoms with van der Waals surface area (Å²) in [4.78, 5) is 6.17. The number of para-hydroxylation sites is 1. The van der Waals surface area contributed by atoms with Crippen LogP contribution >= 0.6 is 11.3 Å². The van der Waals surface area contributed by atoms with Crippen molar-refractivity contribution < 1.29 is 5.11 Å². The second-order valence-electron chi connectivity index (χ2n) is 3.21. The minimum atomic E-state index is -0.504. The molecular weight excluding hydrogens is 196 g/mol.